The van der Waals surface area contributed by atoms with Crippen LogP contribution in [0.25, 0.3) is 5.69 Å². The first-order valence-corrected chi connectivity index (χ1v) is 8.87. The molecule has 1 aliphatic heterocycles. The third-order valence-electron chi connectivity index (χ3n) is 4.81. The quantitative estimate of drug-likeness (QED) is 0.689. The predicted molar refractivity (Wildman–Crippen MR) is 102 cm³/mol. The fraction of sp³-hybridized carbons (Fsp3) is 0.250. The van der Waals surface area contributed by atoms with E-state index in [0.29, 0.717) is 41.7 Å². The third-order valence-corrected chi connectivity index (χ3v) is 4.81. The first kappa shape index (κ1) is 17.8. The number of ether oxygens (including phenoxy) is 2. The standard InChI is InChI=1S/C20H20N4O4/c1-27-16-7-3-14(4-8-16)19(25)22-11-12-23-18(13-22)21-24(20(23)26)15-5-9-17(28-2)10-6-15/h3-10H,11-13H2,1-2H3. The highest BCUT2D eigenvalue weighted by atomic mass is 16.5. The summed E-state index contributed by atoms with van der Waals surface area (Å²) in [6.45, 7) is 1.14. The normalized spacial score (nSPS) is 13.1. The average molecular weight is 380 g/mol. The second kappa shape index (κ2) is 7.22. The van der Waals surface area contributed by atoms with Crippen LogP contribution in [0.2, 0.25) is 0 Å². The molecule has 0 radical (unpaired) electrons. The van der Waals surface area contributed by atoms with E-state index in [1.54, 1.807) is 72.2 Å². The lowest BCUT2D eigenvalue weighted by molar-refractivity contribution is 0.0706. The van der Waals surface area contributed by atoms with Gasteiger partial charge < -0.3 is 14.4 Å². The number of carbonyl (C=O) groups is 1. The summed E-state index contributed by atoms with van der Waals surface area (Å²) >= 11 is 0. The van der Waals surface area contributed by atoms with E-state index in [1.165, 1.54) is 4.68 Å². The van der Waals surface area contributed by atoms with Gasteiger partial charge in [-0.2, -0.15) is 4.68 Å². The van der Waals surface area contributed by atoms with E-state index in [2.05, 4.69) is 5.10 Å². The first-order valence-electron chi connectivity index (χ1n) is 8.87. The molecule has 4 rings (SSSR count). The van der Waals surface area contributed by atoms with Crippen LogP contribution in [-0.2, 0) is 13.1 Å². The van der Waals surface area contributed by atoms with Crippen molar-refractivity contribution in [3.8, 4) is 17.2 Å². The van der Waals surface area contributed by atoms with Crippen LogP contribution in [0, 0.1) is 0 Å². The van der Waals surface area contributed by atoms with Crippen molar-refractivity contribution in [1.82, 2.24) is 19.2 Å². The molecule has 0 fully saturated rings. The fourth-order valence-corrected chi connectivity index (χ4v) is 3.23. The number of hydrogen-bond acceptors (Lipinski definition) is 5. The van der Waals surface area contributed by atoms with E-state index >= 15 is 0 Å². The molecule has 2 aromatic carbocycles. The predicted octanol–water partition coefficient (Wildman–Crippen LogP) is 1.71. The molecular weight excluding hydrogens is 360 g/mol. The molecule has 1 amide bonds. The van der Waals surface area contributed by atoms with Crippen LogP contribution < -0.4 is 15.2 Å². The van der Waals surface area contributed by atoms with Crippen LogP contribution in [0.1, 0.15) is 16.2 Å². The Labute approximate surface area is 161 Å². The molecule has 1 aliphatic rings. The van der Waals surface area contributed by atoms with E-state index in [4.69, 9.17) is 9.47 Å². The highest BCUT2D eigenvalue weighted by Crippen LogP contribution is 2.18. The molecule has 2 heterocycles. The number of hydrogen-bond donors (Lipinski definition) is 0. The Morgan fingerprint density at radius 2 is 1.54 bits per heavy atom. The zero-order valence-electron chi connectivity index (χ0n) is 15.7. The summed E-state index contributed by atoms with van der Waals surface area (Å²) in [5.74, 6) is 1.87. The number of amides is 1. The number of nitrogens with zero attached hydrogens (tertiary/aromatic N) is 4. The van der Waals surface area contributed by atoms with Gasteiger partial charge in [0, 0.05) is 18.7 Å². The average Bonchev–Trinajstić information content (AvgIpc) is 3.09. The summed E-state index contributed by atoms with van der Waals surface area (Å²) in [7, 11) is 3.17. The first-order chi connectivity index (χ1) is 13.6. The maximum Gasteiger partial charge on any atom is 0.350 e. The van der Waals surface area contributed by atoms with Gasteiger partial charge in [-0.15, -0.1) is 5.10 Å². The molecular formula is C20H20N4O4. The minimum Gasteiger partial charge on any atom is -0.497 e. The van der Waals surface area contributed by atoms with E-state index in [-0.39, 0.29) is 18.1 Å². The summed E-state index contributed by atoms with van der Waals surface area (Å²) in [5, 5.41) is 4.44. The summed E-state index contributed by atoms with van der Waals surface area (Å²) < 4.78 is 13.2. The lowest BCUT2D eigenvalue weighted by Crippen LogP contribution is -2.40. The monoisotopic (exact) mass is 380 g/mol. The Balaban J connectivity index is 1.58. The molecule has 8 nitrogen and oxygen atoms in total. The maximum atomic E-state index is 12.8. The van der Waals surface area contributed by atoms with Crippen molar-refractivity contribution in [2.45, 2.75) is 13.1 Å². The Kier molecular flexibility index (Phi) is 4.60. The van der Waals surface area contributed by atoms with Gasteiger partial charge in [-0.25, -0.2) is 4.79 Å². The van der Waals surface area contributed by atoms with Gasteiger partial charge in [-0.3, -0.25) is 9.36 Å². The molecule has 0 N–H and O–H groups in total. The van der Waals surface area contributed by atoms with Gasteiger partial charge in [0.25, 0.3) is 5.91 Å². The van der Waals surface area contributed by atoms with Crippen molar-refractivity contribution in [3.05, 3.63) is 70.4 Å². The SMILES string of the molecule is COc1ccc(C(=O)N2CCn3c(nn(-c4ccc(OC)cc4)c3=O)C2)cc1. The number of fused-ring (bicyclic) bond motifs is 1. The minimum atomic E-state index is -0.211. The number of methoxy groups -OCH3 is 2. The number of benzene rings is 2. The Hall–Kier alpha value is -3.55. The van der Waals surface area contributed by atoms with Gasteiger partial charge in [0.2, 0.25) is 0 Å². The molecule has 0 bridgehead atoms. The van der Waals surface area contributed by atoms with Gasteiger partial charge in [-0.05, 0) is 48.5 Å². The van der Waals surface area contributed by atoms with Gasteiger partial charge in [0.05, 0.1) is 26.5 Å². The van der Waals surface area contributed by atoms with E-state index in [0.717, 1.165) is 0 Å². The van der Waals surface area contributed by atoms with Gasteiger partial charge in [0.15, 0.2) is 5.82 Å². The molecule has 0 saturated carbocycles. The zero-order chi connectivity index (χ0) is 19.7. The van der Waals surface area contributed by atoms with Crippen LogP contribution >= 0.6 is 0 Å². The smallest absolute Gasteiger partial charge is 0.350 e. The molecule has 0 aliphatic carbocycles. The number of aromatic nitrogens is 3. The Bertz CT molecular complexity index is 1050. The van der Waals surface area contributed by atoms with E-state index in [1.807, 2.05) is 0 Å². The van der Waals surface area contributed by atoms with E-state index in [9.17, 15) is 9.59 Å². The molecule has 0 unspecified atom stereocenters. The summed E-state index contributed by atoms with van der Waals surface area (Å²) in [5.41, 5.74) is 1.02. The Morgan fingerprint density at radius 1 is 0.929 bits per heavy atom. The molecule has 144 valence electrons. The van der Waals surface area contributed by atoms with Crippen LogP contribution in [0.3, 0.4) is 0 Å². The van der Waals surface area contributed by atoms with Crippen LogP contribution in [0.5, 0.6) is 11.5 Å². The molecule has 8 heteroatoms. The zero-order valence-corrected chi connectivity index (χ0v) is 15.7. The number of rotatable bonds is 4. The molecule has 0 spiro atoms. The van der Waals surface area contributed by atoms with Gasteiger partial charge in [-0.1, -0.05) is 0 Å². The summed E-state index contributed by atoms with van der Waals surface area (Å²) in [6, 6.07) is 14.1. The van der Waals surface area contributed by atoms with Gasteiger partial charge >= 0.3 is 5.69 Å². The molecule has 1 aromatic heterocycles. The van der Waals surface area contributed by atoms with Crippen LogP contribution in [0.4, 0.5) is 0 Å². The van der Waals surface area contributed by atoms with Gasteiger partial charge in [0.1, 0.15) is 11.5 Å². The summed E-state index contributed by atoms with van der Waals surface area (Å²) in [4.78, 5) is 27.2. The Morgan fingerprint density at radius 3 is 2.14 bits per heavy atom. The minimum absolute atomic E-state index is 0.0969. The highest BCUT2D eigenvalue weighted by molar-refractivity contribution is 5.94. The van der Waals surface area contributed by atoms with E-state index < -0.39 is 0 Å². The number of carbonyl (C=O) groups excluding carboxylic acids is 1. The van der Waals surface area contributed by atoms with Crippen LogP contribution in [-0.4, -0.2) is 45.9 Å². The lowest BCUT2D eigenvalue weighted by Gasteiger charge is -2.26. The largest absolute Gasteiger partial charge is 0.497 e. The molecule has 28 heavy (non-hydrogen) atoms. The van der Waals surface area contributed by atoms with Crippen LogP contribution in [0.15, 0.2) is 53.3 Å². The fourth-order valence-electron chi connectivity index (χ4n) is 3.23. The van der Waals surface area contributed by atoms with Crippen molar-refractivity contribution >= 4 is 5.91 Å². The highest BCUT2D eigenvalue weighted by Gasteiger charge is 2.26. The van der Waals surface area contributed by atoms with Crippen molar-refractivity contribution in [1.29, 1.82) is 0 Å². The van der Waals surface area contributed by atoms with Crippen molar-refractivity contribution in [2.75, 3.05) is 20.8 Å². The second-order valence-corrected chi connectivity index (χ2v) is 6.42. The second-order valence-electron chi connectivity index (χ2n) is 6.42. The molecule has 0 saturated heterocycles. The maximum absolute atomic E-state index is 12.8. The summed E-state index contributed by atoms with van der Waals surface area (Å²) in [6.07, 6.45) is 0. The third kappa shape index (κ3) is 3.13. The van der Waals surface area contributed by atoms with Crippen molar-refractivity contribution < 1.29 is 14.3 Å². The molecule has 3 aromatic rings. The van der Waals surface area contributed by atoms with Crippen molar-refractivity contribution in [3.63, 3.8) is 0 Å². The van der Waals surface area contributed by atoms with Crippen molar-refractivity contribution in [2.24, 2.45) is 0 Å². The topological polar surface area (TPSA) is 78.6 Å². The molecule has 0 atom stereocenters. The lowest BCUT2D eigenvalue weighted by atomic mass is 10.2.